The highest BCUT2D eigenvalue weighted by atomic mass is 35.5. The van der Waals surface area contributed by atoms with Gasteiger partial charge in [0.05, 0.1) is 13.0 Å². The van der Waals surface area contributed by atoms with Crippen LogP contribution in [0, 0.1) is 5.92 Å². The lowest BCUT2D eigenvalue weighted by atomic mass is 10.2. The third kappa shape index (κ3) is 5.09. The zero-order valence-corrected chi connectivity index (χ0v) is 11.5. The fourth-order valence-electron chi connectivity index (χ4n) is 1.80. The molecule has 1 aromatic carbocycles. The molecule has 1 amide bonds. The Morgan fingerprint density at radius 1 is 1.42 bits per heavy atom. The zero-order chi connectivity index (χ0) is 13.7. The Morgan fingerprint density at radius 3 is 2.74 bits per heavy atom. The largest absolute Gasteiger partial charge is 0.493 e. The maximum atomic E-state index is 11.6. The van der Waals surface area contributed by atoms with Gasteiger partial charge >= 0.3 is 0 Å². The summed E-state index contributed by atoms with van der Waals surface area (Å²) in [7, 11) is 0. The van der Waals surface area contributed by atoms with Crippen molar-refractivity contribution in [3.05, 3.63) is 29.3 Å². The number of amides is 1. The molecule has 5 heteroatoms. The molecule has 1 aliphatic carbocycles. The molecule has 0 spiro atoms. The van der Waals surface area contributed by atoms with Crippen molar-refractivity contribution in [3.8, 4) is 5.75 Å². The number of benzene rings is 1. The Kier molecular flexibility index (Phi) is 5.05. The molecule has 4 nitrogen and oxygen atoms in total. The molecule has 2 rings (SSSR count). The number of carbonyl (C=O) groups is 1. The van der Waals surface area contributed by atoms with E-state index in [0.717, 1.165) is 0 Å². The van der Waals surface area contributed by atoms with Crippen LogP contribution in [0.2, 0.25) is 5.02 Å². The fourth-order valence-corrected chi connectivity index (χ4v) is 1.93. The summed E-state index contributed by atoms with van der Waals surface area (Å²) in [6.45, 7) is 0.913. The number of nitrogens with two attached hydrogens (primary N) is 1. The lowest BCUT2D eigenvalue weighted by molar-refractivity contribution is -0.121. The summed E-state index contributed by atoms with van der Waals surface area (Å²) in [4.78, 5) is 11.6. The van der Waals surface area contributed by atoms with Crippen molar-refractivity contribution in [1.29, 1.82) is 0 Å². The second-order valence-electron chi connectivity index (χ2n) is 4.86. The van der Waals surface area contributed by atoms with Gasteiger partial charge in [-0.2, -0.15) is 0 Å². The van der Waals surface area contributed by atoms with Crippen molar-refractivity contribution in [1.82, 2.24) is 5.32 Å². The normalized spacial score (nSPS) is 15.9. The first-order valence-electron chi connectivity index (χ1n) is 6.56. The molecule has 1 saturated carbocycles. The number of rotatable bonds is 7. The van der Waals surface area contributed by atoms with E-state index in [1.165, 1.54) is 12.8 Å². The van der Waals surface area contributed by atoms with Crippen LogP contribution in [0.15, 0.2) is 24.3 Å². The van der Waals surface area contributed by atoms with Gasteiger partial charge in [-0.15, -0.1) is 0 Å². The summed E-state index contributed by atoms with van der Waals surface area (Å²) in [5.74, 6) is 1.29. The van der Waals surface area contributed by atoms with E-state index in [1.54, 1.807) is 24.3 Å². The fraction of sp³-hybridized carbons (Fsp3) is 0.500. The maximum Gasteiger partial charge on any atom is 0.223 e. The molecule has 0 heterocycles. The number of carbonyl (C=O) groups excluding carboxylic acids is 1. The molecule has 0 aromatic heterocycles. The number of hydrogen-bond donors (Lipinski definition) is 2. The molecule has 1 atom stereocenters. The van der Waals surface area contributed by atoms with E-state index in [-0.39, 0.29) is 11.9 Å². The van der Waals surface area contributed by atoms with E-state index in [1.807, 2.05) is 0 Å². The van der Waals surface area contributed by atoms with Gasteiger partial charge in [0, 0.05) is 17.6 Å². The Morgan fingerprint density at radius 2 is 2.11 bits per heavy atom. The van der Waals surface area contributed by atoms with Gasteiger partial charge in [0.15, 0.2) is 0 Å². The van der Waals surface area contributed by atoms with Crippen LogP contribution >= 0.6 is 11.6 Å². The van der Waals surface area contributed by atoms with Crippen molar-refractivity contribution in [3.63, 3.8) is 0 Å². The highest BCUT2D eigenvalue weighted by Crippen LogP contribution is 2.31. The first-order valence-corrected chi connectivity index (χ1v) is 6.93. The van der Waals surface area contributed by atoms with E-state index < -0.39 is 0 Å². The molecule has 0 bridgehead atoms. The Bertz CT molecular complexity index is 418. The van der Waals surface area contributed by atoms with Crippen LogP contribution in [0.3, 0.4) is 0 Å². The van der Waals surface area contributed by atoms with E-state index >= 15 is 0 Å². The Balaban J connectivity index is 1.59. The van der Waals surface area contributed by atoms with Crippen LogP contribution < -0.4 is 15.8 Å². The van der Waals surface area contributed by atoms with Crippen LogP contribution in [0.4, 0.5) is 0 Å². The second-order valence-corrected chi connectivity index (χ2v) is 5.29. The predicted octanol–water partition coefficient (Wildman–Crippen LogP) is 1.96. The van der Waals surface area contributed by atoms with Crippen LogP contribution in [0.25, 0.3) is 0 Å². The molecule has 0 radical (unpaired) electrons. The van der Waals surface area contributed by atoms with Crippen LogP contribution in [0.1, 0.15) is 19.3 Å². The molecule has 19 heavy (non-hydrogen) atoms. The standard InChI is InChI=1S/C14H19ClN2O2/c15-11-3-5-12(6-4-11)19-8-7-14(18)17-9-13(16)10-1-2-10/h3-6,10,13H,1-2,7-9,16H2,(H,17,18). The highest BCUT2D eigenvalue weighted by molar-refractivity contribution is 6.30. The lowest BCUT2D eigenvalue weighted by Gasteiger charge is -2.11. The molecular formula is C14H19ClN2O2. The molecule has 1 aromatic rings. The Hall–Kier alpha value is -1.26. The van der Waals surface area contributed by atoms with Gasteiger partial charge in [-0.1, -0.05) is 11.6 Å². The summed E-state index contributed by atoms with van der Waals surface area (Å²) in [5, 5.41) is 3.50. The molecule has 0 aliphatic heterocycles. The average Bonchev–Trinajstić information content (AvgIpc) is 3.23. The monoisotopic (exact) mass is 282 g/mol. The van der Waals surface area contributed by atoms with Crippen molar-refractivity contribution in [2.24, 2.45) is 11.7 Å². The molecular weight excluding hydrogens is 264 g/mol. The van der Waals surface area contributed by atoms with E-state index in [9.17, 15) is 4.79 Å². The summed E-state index contributed by atoms with van der Waals surface area (Å²) >= 11 is 5.77. The first-order chi connectivity index (χ1) is 9.15. The molecule has 104 valence electrons. The van der Waals surface area contributed by atoms with Gasteiger partial charge in [-0.05, 0) is 43.0 Å². The Labute approximate surface area is 118 Å². The molecule has 1 fully saturated rings. The summed E-state index contributed by atoms with van der Waals surface area (Å²) in [5.41, 5.74) is 5.90. The topological polar surface area (TPSA) is 64.3 Å². The van der Waals surface area contributed by atoms with Crippen LogP contribution in [-0.4, -0.2) is 25.1 Å². The maximum absolute atomic E-state index is 11.6. The van der Waals surface area contributed by atoms with Crippen molar-refractivity contribution in [2.45, 2.75) is 25.3 Å². The quantitative estimate of drug-likeness (QED) is 0.803. The van der Waals surface area contributed by atoms with E-state index in [4.69, 9.17) is 22.1 Å². The number of nitrogens with one attached hydrogen (secondary N) is 1. The zero-order valence-electron chi connectivity index (χ0n) is 10.8. The number of ether oxygens (including phenoxy) is 1. The van der Waals surface area contributed by atoms with Gasteiger partial charge < -0.3 is 15.8 Å². The minimum atomic E-state index is -0.0231. The highest BCUT2D eigenvalue weighted by Gasteiger charge is 2.28. The first kappa shape index (κ1) is 14.2. The minimum absolute atomic E-state index is 0.0231. The van der Waals surface area contributed by atoms with Gasteiger partial charge in [-0.25, -0.2) is 0 Å². The molecule has 3 N–H and O–H groups in total. The molecule has 1 unspecified atom stereocenters. The molecule has 1 aliphatic rings. The smallest absolute Gasteiger partial charge is 0.223 e. The summed E-state index contributed by atoms with van der Waals surface area (Å²) < 4.78 is 5.45. The van der Waals surface area contributed by atoms with Gasteiger partial charge in [0.25, 0.3) is 0 Å². The lowest BCUT2D eigenvalue weighted by Crippen LogP contribution is -2.38. The number of hydrogen-bond acceptors (Lipinski definition) is 3. The SMILES string of the molecule is NC(CNC(=O)CCOc1ccc(Cl)cc1)C1CC1. The van der Waals surface area contributed by atoms with Crippen LogP contribution in [0.5, 0.6) is 5.75 Å². The average molecular weight is 283 g/mol. The van der Waals surface area contributed by atoms with E-state index in [2.05, 4.69) is 5.32 Å². The summed E-state index contributed by atoms with van der Waals surface area (Å²) in [6, 6.07) is 7.17. The molecule has 0 saturated heterocycles. The summed E-state index contributed by atoms with van der Waals surface area (Å²) in [6.07, 6.45) is 2.72. The van der Waals surface area contributed by atoms with Crippen molar-refractivity contribution >= 4 is 17.5 Å². The van der Waals surface area contributed by atoms with Crippen LogP contribution in [-0.2, 0) is 4.79 Å². The van der Waals surface area contributed by atoms with E-state index in [0.29, 0.717) is 36.3 Å². The minimum Gasteiger partial charge on any atom is -0.493 e. The predicted molar refractivity (Wildman–Crippen MR) is 75.3 cm³/mol. The van der Waals surface area contributed by atoms with Gasteiger partial charge in [-0.3, -0.25) is 4.79 Å². The van der Waals surface area contributed by atoms with Crippen molar-refractivity contribution < 1.29 is 9.53 Å². The third-order valence-corrected chi connectivity index (χ3v) is 3.43. The van der Waals surface area contributed by atoms with Crippen molar-refractivity contribution in [2.75, 3.05) is 13.2 Å². The van der Waals surface area contributed by atoms with Gasteiger partial charge in [0.2, 0.25) is 5.91 Å². The van der Waals surface area contributed by atoms with Gasteiger partial charge in [0.1, 0.15) is 5.75 Å². The number of halogens is 1. The second kappa shape index (κ2) is 6.78. The third-order valence-electron chi connectivity index (χ3n) is 3.17.